The second kappa shape index (κ2) is 6.45. The summed E-state index contributed by atoms with van der Waals surface area (Å²) >= 11 is 2.32. The van der Waals surface area contributed by atoms with Crippen molar-refractivity contribution in [3.63, 3.8) is 0 Å². The van der Waals surface area contributed by atoms with Crippen LogP contribution in [0.2, 0.25) is 0 Å². The van der Waals surface area contributed by atoms with E-state index >= 15 is 0 Å². The number of hydrogen-bond acceptors (Lipinski definition) is 3. The summed E-state index contributed by atoms with van der Waals surface area (Å²) in [7, 11) is 5.44. The second-order valence-electron chi connectivity index (χ2n) is 6.40. The van der Waals surface area contributed by atoms with Gasteiger partial charge in [0.05, 0.1) is 13.0 Å². The van der Waals surface area contributed by atoms with Crippen LogP contribution in [0.25, 0.3) is 0 Å². The topological polar surface area (TPSA) is 32.8 Å². The number of carbonyl (C=O) groups is 1. The number of hydroxylamine groups is 2. The standard InChI is InChI=1S/C17H23IN2O2/c1-19-13-8-9-15(19)16(17(21)20(2)22-3)14(10-13)11-4-6-12(18)7-5-11/h4-7,13-16H,8-10H2,1-3H3/t13-,14-,15?,16?/m1/s1. The van der Waals surface area contributed by atoms with Gasteiger partial charge >= 0.3 is 0 Å². The largest absolute Gasteiger partial charge is 0.300 e. The van der Waals surface area contributed by atoms with Crippen molar-refractivity contribution < 1.29 is 9.63 Å². The average molecular weight is 414 g/mol. The summed E-state index contributed by atoms with van der Waals surface area (Å²) in [6, 6.07) is 9.57. The van der Waals surface area contributed by atoms with Gasteiger partial charge in [-0.2, -0.15) is 0 Å². The monoisotopic (exact) mass is 414 g/mol. The minimum Gasteiger partial charge on any atom is -0.300 e. The number of benzene rings is 1. The van der Waals surface area contributed by atoms with Gasteiger partial charge in [0.1, 0.15) is 0 Å². The number of nitrogens with zero attached hydrogens (tertiary/aromatic N) is 2. The van der Waals surface area contributed by atoms with Crippen LogP contribution in [0.5, 0.6) is 0 Å². The predicted molar refractivity (Wildman–Crippen MR) is 94.4 cm³/mol. The third-order valence-electron chi connectivity index (χ3n) is 5.44. The summed E-state index contributed by atoms with van der Waals surface area (Å²) < 4.78 is 1.23. The van der Waals surface area contributed by atoms with Crippen molar-refractivity contribution in [1.82, 2.24) is 9.96 Å². The van der Waals surface area contributed by atoms with E-state index in [4.69, 9.17) is 4.84 Å². The van der Waals surface area contributed by atoms with Crippen molar-refractivity contribution >= 4 is 28.5 Å². The van der Waals surface area contributed by atoms with Crippen LogP contribution in [-0.4, -0.2) is 49.2 Å². The van der Waals surface area contributed by atoms with E-state index in [-0.39, 0.29) is 17.7 Å². The molecule has 0 radical (unpaired) electrons. The van der Waals surface area contributed by atoms with Gasteiger partial charge < -0.3 is 0 Å². The molecule has 2 aliphatic heterocycles. The first kappa shape index (κ1) is 16.2. The van der Waals surface area contributed by atoms with Crippen LogP contribution >= 0.6 is 22.6 Å². The zero-order valence-electron chi connectivity index (χ0n) is 13.3. The molecular formula is C17H23IN2O2. The lowest BCUT2D eigenvalue weighted by Gasteiger charge is -2.43. The van der Waals surface area contributed by atoms with Crippen molar-refractivity contribution in [2.75, 3.05) is 21.2 Å². The Bertz CT molecular complexity index is 548. The molecule has 0 aliphatic carbocycles. The Labute approximate surface area is 145 Å². The quantitative estimate of drug-likeness (QED) is 0.564. The van der Waals surface area contributed by atoms with Crippen LogP contribution in [0.15, 0.2) is 24.3 Å². The molecule has 22 heavy (non-hydrogen) atoms. The number of piperidine rings is 1. The van der Waals surface area contributed by atoms with Gasteiger partial charge in [0.15, 0.2) is 0 Å². The lowest BCUT2D eigenvalue weighted by atomic mass is 9.75. The smallest absolute Gasteiger partial charge is 0.251 e. The molecule has 5 heteroatoms. The minimum atomic E-state index is -0.0197. The van der Waals surface area contributed by atoms with Crippen molar-refractivity contribution in [2.24, 2.45) is 5.92 Å². The highest BCUT2D eigenvalue weighted by Crippen LogP contribution is 2.46. The van der Waals surface area contributed by atoms with E-state index in [1.165, 1.54) is 20.6 Å². The predicted octanol–water partition coefficient (Wildman–Crippen LogP) is 2.88. The molecule has 0 saturated carbocycles. The fourth-order valence-corrected chi connectivity index (χ4v) is 4.52. The lowest BCUT2D eigenvalue weighted by Crippen LogP contribution is -2.51. The van der Waals surface area contributed by atoms with E-state index in [1.807, 2.05) is 0 Å². The van der Waals surface area contributed by atoms with E-state index in [0.29, 0.717) is 12.1 Å². The van der Waals surface area contributed by atoms with Crippen LogP contribution in [0.3, 0.4) is 0 Å². The van der Waals surface area contributed by atoms with Gasteiger partial charge in [-0.25, -0.2) is 5.06 Å². The zero-order chi connectivity index (χ0) is 15.9. The first-order valence-electron chi connectivity index (χ1n) is 7.82. The summed E-state index contributed by atoms with van der Waals surface area (Å²) in [6.45, 7) is 0. The van der Waals surface area contributed by atoms with Crippen molar-refractivity contribution in [3.05, 3.63) is 33.4 Å². The van der Waals surface area contributed by atoms with Crippen molar-refractivity contribution in [3.8, 4) is 0 Å². The Hall–Kier alpha value is -0.660. The molecule has 120 valence electrons. The summed E-state index contributed by atoms with van der Waals surface area (Å²) in [6.07, 6.45) is 3.36. The average Bonchev–Trinajstić information content (AvgIpc) is 2.76. The SMILES string of the molecule is CON(C)C(=O)C1C2CC[C@H](C[C@@H]1c1ccc(I)cc1)N2C. The third-order valence-corrected chi connectivity index (χ3v) is 6.16. The van der Waals surface area contributed by atoms with Gasteiger partial charge in [0.2, 0.25) is 0 Å². The van der Waals surface area contributed by atoms with Crippen LogP contribution in [0, 0.1) is 9.49 Å². The molecule has 4 atom stereocenters. The van der Waals surface area contributed by atoms with Crippen molar-refractivity contribution in [2.45, 2.75) is 37.3 Å². The molecule has 4 nitrogen and oxygen atoms in total. The number of hydrogen-bond donors (Lipinski definition) is 0. The molecule has 2 aliphatic rings. The highest BCUT2D eigenvalue weighted by Gasteiger charge is 2.49. The summed E-state index contributed by atoms with van der Waals surface area (Å²) in [4.78, 5) is 20.5. The normalized spacial score (nSPS) is 31.3. The summed E-state index contributed by atoms with van der Waals surface area (Å²) in [5.74, 6) is 0.368. The van der Waals surface area contributed by atoms with Gasteiger partial charge in [0.25, 0.3) is 5.91 Å². The van der Waals surface area contributed by atoms with Crippen molar-refractivity contribution in [1.29, 1.82) is 0 Å². The molecule has 0 spiro atoms. The fraction of sp³-hybridized carbons (Fsp3) is 0.588. The maximum Gasteiger partial charge on any atom is 0.251 e. The molecule has 3 rings (SSSR count). The second-order valence-corrected chi connectivity index (χ2v) is 7.65. The highest BCUT2D eigenvalue weighted by atomic mass is 127. The molecule has 2 unspecified atom stereocenters. The van der Waals surface area contributed by atoms with Crippen LogP contribution in [-0.2, 0) is 9.63 Å². The number of fused-ring (bicyclic) bond motifs is 2. The molecule has 1 amide bonds. The van der Waals surface area contributed by atoms with E-state index in [2.05, 4.69) is 58.8 Å². The first-order valence-corrected chi connectivity index (χ1v) is 8.90. The zero-order valence-corrected chi connectivity index (χ0v) is 15.5. The molecule has 1 aromatic carbocycles. The number of rotatable bonds is 3. The van der Waals surface area contributed by atoms with Gasteiger partial charge in [-0.1, -0.05) is 12.1 Å². The molecule has 0 aromatic heterocycles. The van der Waals surface area contributed by atoms with Crippen LogP contribution in [0.1, 0.15) is 30.7 Å². The molecule has 2 heterocycles. The Morgan fingerprint density at radius 1 is 1.32 bits per heavy atom. The first-order chi connectivity index (χ1) is 10.5. The van der Waals surface area contributed by atoms with E-state index in [0.717, 1.165) is 12.8 Å². The lowest BCUT2D eigenvalue weighted by molar-refractivity contribution is -0.177. The Morgan fingerprint density at radius 3 is 2.64 bits per heavy atom. The fourth-order valence-electron chi connectivity index (χ4n) is 4.16. The Balaban J connectivity index is 1.95. The molecule has 2 saturated heterocycles. The van der Waals surface area contributed by atoms with E-state index in [1.54, 1.807) is 14.2 Å². The maximum absolute atomic E-state index is 12.9. The van der Waals surface area contributed by atoms with Gasteiger partial charge in [-0.05, 0) is 72.5 Å². The summed E-state index contributed by atoms with van der Waals surface area (Å²) in [5, 5.41) is 1.40. The van der Waals surface area contributed by atoms with Crippen LogP contribution in [0.4, 0.5) is 0 Å². The Morgan fingerprint density at radius 2 is 2.00 bits per heavy atom. The highest BCUT2D eigenvalue weighted by molar-refractivity contribution is 14.1. The minimum absolute atomic E-state index is 0.0197. The molecule has 1 aromatic rings. The summed E-state index contributed by atoms with van der Waals surface area (Å²) in [5.41, 5.74) is 1.29. The molecular weight excluding hydrogens is 391 g/mol. The van der Waals surface area contributed by atoms with Crippen LogP contribution < -0.4 is 0 Å². The maximum atomic E-state index is 12.9. The van der Waals surface area contributed by atoms with Gasteiger partial charge in [-0.15, -0.1) is 0 Å². The Kier molecular flexibility index (Phi) is 4.75. The molecule has 2 fully saturated rings. The third kappa shape index (κ3) is 2.78. The number of carbonyl (C=O) groups excluding carboxylic acids is 1. The molecule has 0 N–H and O–H groups in total. The van der Waals surface area contributed by atoms with E-state index < -0.39 is 0 Å². The van der Waals surface area contributed by atoms with E-state index in [9.17, 15) is 4.79 Å². The van der Waals surface area contributed by atoms with Gasteiger partial charge in [0, 0.05) is 22.7 Å². The number of halogens is 1. The molecule has 2 bridgehead atoms. The van der Waals surface area contributed by atoms with Gasteiger partial charge in [-0.3, -0.25) is 14.5 Å². The number of amides is 1.